The van der Waals surface area contributed by atoms with E-state index in [0.717, 1.165) is 68.5 Å². The fraction of sp³-hybridized carbons (Fsp3) is 0.588. The molecule has 0 N–H and O–H groups in total. The van der Waals surface area contributed by atoms with Gasteiger partial charge in [0.1, 0.15) is 6.10 Å². The Kier molecular flexibility index (Phi) is 4.20. The summed E-state index contributed by atoms with van der Waals surface area (Å²) >= 11 is 0. The first-order chi connectivity index (χ1) is 11.7. The van der Waals surface area contributed by atoms with Gasteiger partial charge in [-0.05, 0) is 26.8 Å². The second kappa shape index (κ2) is 6.49. The van der Waals surface area contributed by atoms with Crippen molar-refractivity contribution < 1.29 is 9.26 Å². The largest absolute Gasteiger partial charge is 0.372 e. The summed E-state index contributed by atoms with van der Waals surface area (Å²) in [6.07, 6.45) is 3.92. The lowest BCUT2D eigenvalue weighted by atomic mass is 10.1. The number of ether oxygens (including phenoxy) is 1. The van der Waals surface area contributed by atoms with Crippen molar-refractivity contribution in [1.29, 1.82) is 0 Å². The Labute approximate surface area is 141 Å². The van der Waals surface area contributed by atoms with Crippen molar-refractivity contribution in [2.45, 2.75) is 25.9 Å². The average molecular weight is 329 g/mol. The van der Waals surface area contributed by atoms with Gasteiger partial charge in [0.05, 0.1) is 17.0 Å². The molecule has 1 atom stereocenters. The van der Waals surface area contributed by atoms with Gasteiger partial charge in [0.25, 0.3) is 0 Å². The number of nitrogens with zero attached hydrogens (tertiary/aromatic N) is 5. The van der Waals surface area contributed by atoms with E-state index in [9.17, 15) is 0 Å². The Hall–Kier alpha value is -1.99. The molecular formula is C17H23N5O2. The third kappa shape index (κ3) is 3.01. The maximum absolute atomic E-state index is 5.89. The molecule has 0 radical (unpaired) electrons. The summed E-state index contributed by atoms with van der Waals surface area (Å²) in [5.74, 6) is 1.50. The first kappa shape index (κ1) is 15.5. The van der Waals surface area contributed by atoms with E-state index in [1.807, 2.05) is 19.2 Å². The summed E-state index contributed by atoms with van der Waals surface area (Å²) in [5, 5.41) is 3.99. The number of rotatable bonds is 3. The number of hydrogen-bond acceptors (Lipinski definition) is 7. The van der Waals surface area contributed by atoms with Gasteiger partial charge in [0.2, 0.25) is 5.95 Å². The van der Waals surface area contributed by atoms with Crippen LogP contribution in [0.4, 0.5) is 5.95 Å². The first-order valence-electron chi connectivity index (χ1n) is 8.56. The Morgan fingerprint density at radius 3 is 2.71 bits per heavy atom. The summed E-state index contributed by atoms with van der Waals surface area (Å²) < 4.78 is 11.3. The van der Waals surface area contributed by atoms with Crippen LogP contribution in [0.5, 0.6) is 0 Å². The van der Waals surface area contributed by atoms with Crippen LogP contribution < -0.4 is 4.90 Å². The van der Waals surface area contributed by atoms with Gasteiger partial charge in [-0.15, -0.1) is 0 Å². The Morgan fingerprint density at radius 1 is 1.21 bits per heavy atom. The second-order valence-corrected chi connectivity index (χ2v) is 6.59. The summed E-state index contributed by atoms with van der Waals surface area (Å²) in [4.78, 5) is 14.0. The van der Waals surface area contributed by atoms with E-state index >= 15 is 0 Å². The molecule has 0 unspecified atom stereocenters. The third-order valence-electron chi connectivity index (χ3n) is 4.72. The maximum Gasteiger partial charge on any atom is 0.225 e. The van der Waals surface area contributed by atoms with Crippen molar-refractivity contribution in [3.8, 4) is 11.3 Å². The maximum atomic E-state index is 5.89. The lowest BCUT2D eigenvalue weighted by molar-refractivity contribution is 0.109. The molecule has 2 aliphatic heterocycles. The van der Waals surface area contributed by atoms with Crippen molar-refractivity contribution in [3.05, 3.63) is 23.7 Å². The molecule has 2 fully saturated rings. The number of likely N-dealkylation sites (N-methyl/N-ethyl adjacent to an activating group) is 1. The fourth-order valence-electron chi connectivity index (χ4n) is 3.26. The lowest BCUT2D eigenvalue weighted by Crippen LogP contribution is -2.45. The van der Waals surface area contributed by atoms with Crippen molar-refractivity contribution in [2.75, 3.05) is 44.7 Å². The quantitative estimate of drug-likeness (QED) is 0.853. The first-order valence-corrected chi connectivity index (χ1v) is 8.56. The summed E-state index contributed by atoms with van der Waals surface area (Å²) in [7, 11) is 2.14. The monoisotopic (exact) mass is 329 g/mol. The zero-order valence-electron chi connectivity index (χ0n) is 14.2. The van der Waals surface area contributed by atoms with Crippen molar-refractivity contribution in [3.63, 3.8) is 0 Å². The SMILES string of the molecule is Cc1cc(-c2cnc(N3CCN(C)CC3)nc2[C@H]2CCCO2)on1. The minimum Gasteiger partial charge on any atom is -0.372 e. The second-order valence-electron chi connectivity index (χ2n) is 6.59. The molecule has 0 bridgehead atoms. The van der Waals surface area contributed by atoms with E-state index < -0.39 is 0 Å². The average Bonchev–Trinajstić information content (AvgIpc) is 3.27. The van der Waals surface area contributed by atoms with Crippen LogP contribution >= 0.6 is 0 Å². The van der Waals surface area contributed by atoms with E-state index in [1.165, 1.54) is 0 Å². The highest BCUT2D eigenvalue weighted by Crippen LogP contribution is 2.35. The van der Waals surface area contributed by atoms with Gasteiger partial charge in [-0.25, -0.2) is 9.97 Å². The van der Waals surface area contributed by atoms with Gasteiger partial charge >= 0.3 is 0 Å². The Bertz CT molecular complexity index is 703. The minimum atomic E-state index is 0.0135. The Morgan fingerprint density at radius 2 is 2.04 bits per heavy atom. The van der Waals surface area contributed by atoms with E-state index in [1.54, 1.807) is 0 Å². The highest BCUT2D eigenvalue weighted by Gasteiger charge is 2.27. The molecule has 4 rings (SSSR count). The topological polar surface area (TPSA) is 67.5 Å². The van der Waals surface area contributed by atoms with Crippen molar-refractivity contribution in [1.82, 2.24) is 20.0 Å². The molecule has 7 heteroatoms. The van der Waals surface area contributed by atoms with Gasteiger partial charge in [-0.3, -0.25) is 0 Å². The number of anilines is 1. The summed E-state index contributed by atoms with van der Waals surface area (Å²) in [6, 6.07) is 1.92. The van der Waals surface area contributed by atoms with Gasteiger partial charge in [0, 0.05) is 45.0 Å². The minimum absolute atomic E-state index is 0.0135. The molecule has 7 nitrogen and oxygen atoms in total. The highest BCUT2D eigenvalue weighted by atomic mass is 16.5. The molecule has 128 valence electrons. The summed E-state index contributed by atoms with van der Waals surface area (Å²) in [5.41, 5.74) is 2.67. The number of aryl methyl sites for hydroxylation is 1. The van der Waals surface area contributed by atoms with E-state index in [2.05, 4.69) is 27.0 Å². The van der Waals surface area contributed by atoms with Crippen LogP contribution in [0.25, 0.3) is 11.3 Å². The zero-order chi connectivity index (χ0) is 16.5. The number of aromatic nitrogens is 3. The van der Waals surface area contributed by atoms with Crippen LogP contribution in [0.15, 0.2) is 16.8 Å². The van der Waals surface area contributed by atoms with Crippen LogP contribution in [0, 0.1) is 6.92 Å². The van der Waals surface area contributed by atoms with E-state index in [0.29, 0.717) is 5.76 Å². The zero-order valence-corrected chi connectivity index (χ0v) is 14.2. The molecule has 2 aromatic rings. The molecule has 24 heavy (non-hydrogen) atoms. The molecule has 0 amide bonds. The lowest BCUT2D eigenvalue weighted by Gasteiger charge is -2.32. The number of piperazine rings is 1. The van der Waals surface area contributed by atoms with Crippen molar-refractivity contribution >= 4 is 5.95 Å². The molecule has 0 aromatic carbocycles. The van der Waals surface area contributed by atoms with Crippen molar-refractivity contribution in [2.24, 2.45) is 0 Å². The molecule has 0 saturated carbocycles. The van der Waals surface area contributed by atoms with Crippen LogP contribution in [0.1, 0.15) is 30.3 Å². The van der Waals surface area contributed by atoms with E-state index in [4.69, 9.17) is 14.2 Å². The molecule has 2 aromatic heterocycles. The van der Waals surface area contributed by atoms with Crippen LogP contribution in [0.3, 0.4) is 0 Å². The standard InChI is InChI=1S/C17H23N5O2/c1-12-10-15(24-20-12)13-11-18-17(22-7-5-21(2)6-8-22)19-16(13)14-4-3-9-23-14/h10-11,14H,3-9H2,1-2H3/t14-/m1/s1. The van der Waals surface area contributed by atoms with Gasteiger partial charge < -0.3 is 19.1 Å². The fourth-order valence-corrected chi connectivity index (χ4v) is 3.26. The van der Waals surface area contributed by atoms with E-state index in [-0.39, 0.29) is 6.10 Å². The third-order valence-corrected chi connectivity index (χ3v) is 4.72. The molecule has 0 aliphatic carbocycles. The van der Waals surface area contributed by atoms with Crippen LogP contribution in [0.2, 0.25) is 0 Å². The number of hydrogen-bond donors (Lipinski definition) is 0. The predicted octanol–water partition coefficient (Wildman–Crippen LogP) is 2.04. The van der Waals surface area contributed by atoms with Gasteiger partial charge in [0.15, 0.2) is 5.76 Å². The van der Waals surface area contributed by atoms with Gasteiger partial charge in [-0.2, -0.15) is 0 Å². The highest BCUT2D eigenvalue weighted by molar-refractivity contribution is 5.61. The molecule has 4 heterocycles. The normalized spacial score (nSPS) is 22.2. The molecule has 0 spiro atoms. The smallest absolute Gasteiger partial charge is 0.225 e. The predicted molar refractivity (Wildman–Crippen MR) is 89.9 cm³/mol. The van der Waals surface area contributed by atoms with Crippen LogP contribution in [-0.4, -0.2) is 59.9 Å². The summed E-state index contributed by atoms with van der Waals surface area (Å²) in [6.45, 7) is 6.65. The Balaban J connectivity index is 1.69. The molecule has 2 saturated heterocycles. The molecular weight excluding hydrogens is 306 g/mol. The van der Waals surface area contributed by atoms with Crippen LogP contribution in [-0.2, 0) is 4.74 Å². The van der Waals surface area contributed by atoms with Gasteiger partial charge in [-0.1, -0.05) is 5.16 Å². The molecule has 2 aliphatic rings.